The van der Waals surface area contributed by atoms with Crippen molar-refractivity contribution in [1.82, 2.24) is 25.1 Å². The molecule has 9 heteroatoms. The molecule has 4 heterocycles. The number of aryl methyl sites for hydroxylation is 1. The number of aromatic nitrogens is 5. The van der Waals surface area contributed by atoms with Crippen molar-refractivity contribution in [1.29, 1.82) is 0 Å². The van der Waals surface area contributed by atoms with Crippen molar-refractivity contribution < 1.29 is 4.79 Å². The van der Waals surface area contributed by atoms with Gasteiger partial charge in [-0.15, -0.1) is 11.3 Å². The fourth-order valence-corrected chi connectivity index (χ4v) is 6.36. The van der Waals surface area contributed by atoms with Crippen LogP contribution in [0.3, 0.4) is 0 Å². The van der Waals surface area contributed by atoms with Gasteiger partial charge >= 0.3 is 0 Å². The predicted octanol–water partition coefficient (Wildman–Crippen LogP) is 4.72. The number of rotatable bonds is 7. The number of hydrogen-bond donors (Lipinski definition) is 2. The Morgan fingerprint density at radius 3 is 2.85 bits per heavy atom. The Bertz CT molecular complexity index is 1150. The van der Waals surface area contributed by atoms with Gasteiger partial charge in [0.2, 0.25) is 5.95 Å². The van der Waals surface area contributed by atoms with E-state index in [1.54, 1.807) is 17.5 Å². The van der Waals surface area contributed by atoms with Gasteiger partial charge in [0.25, 0.3) is 0 Å². The van der Waals surface area contributed by atoms with Crippen LogP contribution in [0.1, 0.15) is 79.2 Å². The first kappa shape index (κ1) is 21.7. The Balaban J connectivity index is 1.27. The average molecular weight is 478 g/mol. The van der Waals surface area contributed by atoms with Crippen molar-refractivity contribution in [3.05, 3.63) is 39.6 Å². The molecule has 1 atom stereocenters. The molecule has 0 aromatic carbocycles. The molecular weight excluding hydrogens is 446 g/mol. The summed E-state index contributed by atoms with van der Waals surface area (Å²) in [5.74, 6) is 3.13. The molecule has 34 heavy (non-hydrogen) atoms. The van der Waals surface area contributed by atoms with Crippen LogP contribution in [0.15, 0.2) is 17.6 Å². The highest BCUT2D eigenvalue weighted by Crippen LogP contribution is 2.35. The van der Waals surface area contributed by atoms with Crippen LogP contribution < -0.4 is 10.2 Å². The maximum atomic E-state index is 13.2. The summed E-state index contributed by atoms with van der Waals surface area (Å²) in [4.78, 5) is 29.6. The Hall–Kier alpha value is -2.81. The number of piperidine rings is 1. The van der Waals surface area contributed by atoms with Crippen LogP contribution >= 0.6 is 11.3 Å². The topological polar surface area (TPSA) is 99.7 Å². The number of nitrogens with zero attached hydrogens (tertiary/aromatic N) is 5. The zero-order valence-corrected chi connectivity index (χ0v) is 20.2. The predicted molar refractivity (Wildman–Crippen MR) is 133 cm³/mol. The summed E-state index contributed by atoms with van der Waals surface area (Å²) >= 11 is 1.54. The van der Waals surface area contributed by atoms with E-state index < -0.39 is 0 Å². The van der Waals surface area contributed by atoms with Crippen LogP contribution in [0.4, 0.5) is 17.6 Å². The summed E-state index contributed by atoms with van der Waals surface area (Å²) in [7, 11) is 0. The van der Waals surface area contributed by atoms with Crippen LogP contribution in [0.25, 0.3) is 0 Å². The van der Waals surface area contributed by atoms with E-state index in [0.717, 1.165) is 67.4 Å². The number of fused-ring (bicyclic) bond motifs is 1. The minimum absolute atomic E-state index is 0.190. The zero-order chi connectivity index (χ0) is 22.9. The largest absolute Gasteiger partial charge is 0.331 e. The maximum Gasteiger partial charge on any atom is 0.228 e. The minimum atomic E-state index is -0.190. The van der Waals surface area contributed by atoms with Gasteiger partial charge in [-0.05, 0) is 51.4 Å². The fraction of sp³-hybridized carbons (Fsp3) is 0.560. The Kier molecular flexibility index (Phi) is 6.03. The highest BCUT2D eigenvalue weighted by molar-refractivity contribution is 7.09. The summed E-state index contributed by atoms with van der Waals surface area (Å²) in [6.45, 7) is 0.806. The quantitative estimate of drug-likeness (QED) is 0.508. The number of carbonyl (C=O) groups is 1. The molecule has 0 radical (unpaired) electrons. The van der Waals surface area contributed by atoms with E-state index in [1.807, 2.05) is 5.38 Å². The molecule has 2 aliphatic carbocycles. The lowest BCUT2D eigenvalue weighted by Gasteiger charge is -2.35. The molecule has 1 saturated carbocycles. The lowest BCUT2D eigenvalue weighted by Crippen LogP contribution is -2.46. The number of hydrogen-bond acceptors (Lipinski definition) is 8. The van der Waals surface area contributed by atoms with Crippen molar-refractivity contribution in [2.75, 3.05) is 16.8 Å². The van der Waals surface area contributed by atoms with Crippen molar-refractivity contribution in [3.8, 4) is 0 Å². The Morgan fingerprint density at radius 2 is 2.00 bits per heavy atom. The number of Topliss-reactive ketones (excluding diaryl/α,β-unsaturated/α-hetero) is 1. The summed E-state index contributed by atoms with van der Waals surface area (Å²) in [5, 5.41) is 14.1. The van der Waals surface area contributed by atoms with E-state index in [-0.39, 0.29) is 11.8 Å². The first-order valence-electron chi connectivity index (χ1n) is 12.6. The third kappa shape index (κ3) is 4.33. The summed E-state index contributed by atoms with van der Waals surface area (Å²) in [6.07, 6.45) is 13.2. The van der Waals surface area contributed by atoms with E-state index in [4.69, 9.17) is 9.97 Å². The molecule has 1 saturated heterocycles. The van der Waals surface area contributed by atoms with E-state index in [2.05, 4.69) is 31.5 Å². The van der Waals surface area contributed by atoms with Crippen LogP contribution in [-0.4, -0.2) is 43.5 Å². The average Bonchev–Trinajstić information content (AvgIpc) is 3.66. The third-order valence-corrected chi connectivity index (χ3v) is 8.28. The molecule has 3 aliphatic rings. The van der Waals surface area contributed by atoms with Gasteiger partial charge in [0, 0.05) is 41.4 Å². The van der Waals surface area contributed by atoms with Gasteiger partial charge < -0.3 is 10.2 Å². The van der Waals surface area contributed by atoms with Crippen LogP contribution in [0.2, 0.25) is 0 Å². The molecule has 0 bridgehead atoms. The number of H-pyrrole nitrogens is 1. The number of ketones is 1. The van der Waals surface area contributed by atoms with Gasteiger partial charge in [-0.25, -0.2) is 9.97 Å². The first-order valence-corrected chi connectivity index (χ1v) is 13.5. The highest BCUT2D eigenvalue weighted by atomic mass is 32.1. The van der Waals surface area contributed by atoms with Crippen LogP contribution in [0.5, 0.6) is 0 Å². The molecule has 3 aromatic rings. The van der Waals surface area contributed by atoms with Crippen molar-refractivity contribution in [2.45, 2.75) is 82.6 Å². The zero-order valence-electron chi connectivity index (χ0n) is 19.4. The lowest BCUT2D eigenvalue weighted by atomic mass is 9.97. The van der Waals surface area contributed by atoms with Gasteiger partial charge in [-0.2, -0.15) is 10.1 Å². The fourth-order valence-electron chi connectivity index (χ4n) is 5.73. The van der Waals surface area contributed by atoms with Crippen molar-refractivity contribution in [3.63, 3.8) is 0 Å². The Morgan fingerprint density at radius 1 is 1.12 bits per heavy atom. The molecule has 178 valence electrons. The summed E-state index contributed by atoms with van der Waals surface area (Å²) in [6, 6.07) is 1.95. The maximum absolute atomic E-state index is 13.2. The van der Waals surface area contributed by atoms with Gasteiger partial charge in [0.15, 0.2) is 11.6 Å². The van der Waals surface area contributed by atoms with Gasteiger partial charge in [0.1, 0.15) is 5.82 Å². The normalized spacial score (nSPS) is 20.6. The molecule has 6 rings (SSSR count). The molecule has 1 unspecified atom stereocenters. The number of aromatic amines is 1. The second kappa shape index (κ2) is 9.44. The van der Waals surface area contributed by atoms with Crippen molar-refractivity contribution >= 4 is 34.7 Å². The smallest absolute Gasteiger partial charge is 0.228 e. The van der Waals surface area contributed by atoms with E-state index >= 15 is 0 Å². The molecule has 2 fully saturated rings. The number of nitrogens with one attached hydrogen (secondary N) is 2. The van der Waals surface area contributed by atoms with Crippen LogP contribution in [-0.2, 0) is 24.1 Å². The number of thiazole rings is 1. The molecule has 2 N–H and O–H groups in total. The second-order valence-corrected chi connectivity index (χ2v) is 10.7. The van der Waals surface area contributed by atoms with Gasteiger partial charge in [-0.1, -0.05) is 12.8 Å². The van der Waals surface area contributed by atoms with E-state index in [0.29, 0.717) is 18.3 Å². The molecule has 1 aliphatic heterocycles. The highest BCUT2D eigenvalue weighted by Gasteiger charge is 2.32. The van der Waals surface area contributed by atoms with Gasteiger partial charge in [0.05, 0.1) is 23.2 Å². The van der Waals surface area contributed by atoms with Crippen molar-refractivity contribution in [2.24, 2.45) is 0 Å². The standard InChI is InChI=1S/C25H31N7OS/c33-21(15-23-26-11-13-34-23)20-10-3-4-12-32(20)25-27-18-9-5-8-17(18)24(29-25)28-22-14-19(30-31-22)16-6-1-2-7-16/h11,13-14,16,20H,1-10,12,15H2,(H2,27,28,29,30,31). The second-order valence-electron chi connectivity index (χ2n) is 9.74. The lowest BCUT2D eigenvalue weighted by molar-refractivity contribution is -0.120. The van der Waals surface area contributed by atoms with E-state index in [9.17, 15) is 4.79 Å². The van der Waals surface area contributed by atoms with E-state index in [1.165, 1.54) is 36.9 Å². The molecule has 0 amide bonds. The van der Waals surface area contributed by atoms with Crippen LogP contribution in [0, 0.1) is 0 Å². The minimum Gasteiger partial charge on any atom is -0.331 e. The SMILES string of the molecule is O=C(Cc1nccs1)C1CCCCN1c1nc2c(c(Nc3cc(C4CCCC4)[nH]n3)n1)CCC2. The molecular formula is C25H31N7OS. The third-order valence-electron chi connectivity index (χ3n) is 7.50. The molecule has 3 aromatic heterocycles. The summed E-state index contributed by atoms with van der Waals surface area (Å²) < 4.78 is 0. The molecule has 0 spiro atoms. The monoisotopic (exact) mass is 477 g/mol. The molecule has 8 nitrogen and oxygen atoms in total. The summed E-state index contributed by atoms with van der Waals surface area (Å²) in [5.41, 5.74) is 3.52. The first-order chi connectivity index (χ1) is 16.7. The number of carbonyl (C=O) groups excluding carboxylic acids is 1. The van der Waals surface area contributed by atoms with Gasteiger partial charge in [-0.3, -0.25) is 9.89 Å². The number of anilines is 3. The Labute approximate surface area is 203 Å².